The average molecular weight is 416 g/mol. The van der Waals surface area contributed by atoms with Gasteiger partial charge in [0.15, 0.2) is 11.6 Å². The van der Waals surface area contributed by atoms with Crippen LogP contribution in [-0.4, -0.2) is 42.8 Å². The lowest BCUT2D eigenvalue weighted by molar-refractivity contribution is -0.185. The van der Waals surface area contributed by atoms with Crippen molar-refractivity contribution < 1.29 is 14.3 Å². The number of hydrogen-bond acceptors (Lipinski definition) is 4. The van der Waals surface area contributed by atoms with Crippen LogP contribution in [0.15, 0.2) is 53.0 Å². The van der Waals surface area contributed by atoms with E-state index in [-0.39, 0.29) is 11.6 Å². The lowest BCUT2D eigenvalue weighted by Crippen LogP contribution is -2.44. The molecule has 136 valence electrons. The van der Waals surface area contributed by atoms with Gasteiger partial charge in [-0.05, 0) is 17.7 Å². The maximum atomic E-state index is 12.6. The summed E-state index contributed by atoms with van der Waals surface area (Å²) >= 11 is 3.42. The fraction of sp³-hybridized carbons (Fsp3) is 0.381. The number of carbonyl (C=O) groups is 1. The minimum Gasteiger partial charge on any atom is -0.347 e. The van der Waals surface area contributed by atoms with Gasteiger partial charge >= 0.3 is 0 Å². The molecule has 26 heavy (non-hydrogen) atoms. The van der Waals surface area contributed by atoms with Gasteiger partial charge in [0, 0.05) is 48.1 Å². The van der Waals surface area contributed by atoms with Crippen LogP contribution in [-0.2, 0) is 16.0 Å². The van der Waals surface area contributed by atoms with Crippen molar-refractivity contribution in [3.05, 3.63) is 69.7 Å². The average Bonchev–Trinajstić information content (AvgIpc) is 3.12. The summed E-state index contributed by atoms with van der Waals surface area (Å²) in [4.78, 5) is 15.0. The van der Waals surface area contributed by atoms with Gasteiger partial charge in [0.05, 0.1) is 13.2 Å². The van der Waals surface area contributed by atoms with Gasteiger partial charge in [-0.1, -0.05) is 52.3 Å². The first kappa shape index (κ1) is 17.9. The number of carbonyl (C=O) groups excluding carboxylic acids is 1. The summed E-state index contributed by atoms with van der Waals surface area (Å²) in [6, 6.07) is 15.5. The van der Waals surface area contributed by atoms with E-state index in [9.17, 15) is 4.79 Å². The molecular formula is C21H22BrNO3. The van der Waals surface area contributed by atoms with Gasteiger partial charge in [-0.2, -0.15) is 0 Å². The molecule has 0 radical (unpaired) electrons. The van der Waals surface area contributed by atoms with Gasteiger partial charge in [0.1, 0.15) is 0 Å². The number of ether oxygens (including phenoxy) is 2. The largest absolute Gasteiger partial charge is 0.347 e. The molecule has 0 N–H and O–H groups in total. The Morgan fingerprint density at radius 3 is 2.35 bits per heavy atom. The minimum absolute atomic E-state index is 0.0493. The molecule has 0 unspecified atom stereocenters. The van der Waals surface area contributed by atoms with Crippen LogP contribution in [0.1, 0.15) is 34.3 Å². The van der Waals surface area contributed by atoms with Crippen molar-refractivity contribution in [2.24, 2.45) is 0 Å². The first-order chi connectivity index (χ1) is 12.6. The van der Waals surface area contributed by atoms with Crippen molar-refractivity contribution in [3.8, 4) is 0 Å². The topological polar surface area (TPSA) is 38.8 Å². The van der Waals surface area contributed by atoms with Crippen molar-refractivity contribution in [2.45, 2.75) is 25.2 Å². The molecule has 0 saturated carbocycles. The summed E-state index contributed by atoms with van der Waals surface area (Å²) in [5.74, 6) is -0.273. The zero-order valence-electron chi connectivity index (χ0n) is 14.6. The van der Waals surface area contributed by atoms with Gasteiger partial charge in [-0.3, -0.25) is 9.69 Å². The van der Waals surface area contributed by atoms with Crippen LogP contribution >= 0.6 is 15.9 Å². The Kier molecular flexibility index (Phi) is 5.23. The third-order valence-corrected chi connectivity index (χ3v) is 5.63. The Morgan fingerprint density at radius 1 is 1.00 bits per heavy atom. The molecular weight excluding hydrogens is 394 g/mol. The summed E-state index contributed by atoms with van der Waals surface area (Å²) in [7, 11) is 0. The van der Waals surface area contributed by atoms with Crippen LogP contribution in [0.5, 0.6) is 0 Å². The van der Waals surface area contributed by atoms with Crippen LogP contribution < -0.4 is 0 Å². The number of likely N-dealkylation sites (tertiary alicyclic amines) is 1. The van der Waals surface area contributed by atoms with E-state index >= 15 is 0 Å². The molecule has 2 heterocycles. The van der Waals surface area contributed by atoms with Crippen LogP contribution in [0.2, 0.25) is 0 Å². The van der Waals surface area contributed by atoms with E-state index in [1.165, 1.54) is 5.56 Å². The zero-order chi connectivity index (χ0) is 18.0. The van der Waals surface area contributed by atoms with Gasteiger partial charge < -0.3 is 9.47 Å². The molecule has 2 aromatic carbocycles. The predicted molar refractivity (Wildman–Crippen MR) is 103 cm³/mol. The number of nitrogens with zero attached hydrogens (tertiary/aromatic N) is 1. The quantitative estimate of drug-likeness (QED) is 0.706. The molecule has 4 rings (SSSR count). The third-order valence-electron chi connectivity index (χ3n) is 5.14. The van der Waals surface area contributed by atoms with Crippen molar-refractivity contribution in [1.82, 2.24) is 4.90 Å². The van der Waals surface area contributed by atoms with Crippen LogP contribution in [0, 0.1) is 0 Å². The molecule has 1 spiro atoms. The predicted octanol–water partition coefficient (Wildman–Crippen LogP) is 4.02. The lowest BCUT2D eigenvalue weighted by Gasteiger charge is -2.37. The molecule has 2 aliphatic rings. The Bertz CT molecular complexity index is 774. The highest BCUT2D eigenvalue weighted by atomic mass is 79.9. The third kappa shape index (κ3) is 3.91. The Labute approximate surface area is 162 Å². The van der Waals surface area contributed by atoms with Crippen molar-refractivity contribution in [3.63, 3.8) is 0 Å². The molecule has 0 atom stereocenters. The SMILES string of the molecule is O=C(c1ccc(CN2CCC3(CC2)OCCO3)cc1)c1cccc(Br)c1. The minimum atomic E-state index is -0.323. The van der Waals surface area contributed by atoms with Crippen molar-refractivity contribution in [2.75, 3.05) is 26.3 Å². The summed E-state index contributed by atoms with van der Waals surface area (Å²) in [5, 5.41) is 0. The molecule has 2 saturated heterocycles. The van der Waals surface area contributed by atoms with Gasteiger partial charge in [-0.15, -0.1) is 0 Å². The van der Waals surface area contributed by atoms with Crippen molar-refractivity contribution in [1.29, 1.82) is 0 Å². The first-order valence-corrected chi connectivity index (χ1v) is 9.82. The van der Waals surface area contributed by atoms with E-state index in [1.807, 2.05) is 36.4 Å². The fourth-order valence-corrected chi connectivity index (χ4v) is 4.05. The van der Waals surface area contributed by atoms with Gasteiger partial charge in [0.2, 0.25) is 0 Å². The van der Waals surface area contributed by atoms with E-state index in [0.29, 0.717) is 18.8 Å². The number of ketones is 1. The molecule has 0 bridgehead atoms. The molecule has 0 amide bonds. The molecule has 2 fully saturated rings. The molecule has 0 aliphatic carbocycles. The van der Waals surface area contributed by atoms with E-state index in [1.54, 1.807) is 0 Å². The molecule has 0 aromatic heterocycles. The van der Waals surface area contributed by atoms with Crippen LogP contribution in [0.3, 0.4) is 0 Å². The standard InChI is InChI=1S/C21H22BrNO3/c22-19-3-1-2-18(14-19)20(24)17-6-4-16(5-7-17)15-23-10-8-21(9-11-23)25-12-13-26-21/h1-7,14H,8-13,15H2. The zero-order valence-corrected chi connectivity index (χ0v) is 16.2. The second kappa shape index (κ2) is 7.61. The van der Waals surface area contributed by atoms with E-state index in [0.717, 1.165) is 42.5 Å². The first-order valence-electron chi connectivity index (χ1n) is 9.03. The van der Waals surface area contributed by atoms with Gasteiger partial charge in [-0.25, -0.2) is 0 Å². The number of piperidine rings is 1. The highest BCUT2D eigenvalue weighted by Crippen LogP contribution is 2.31. The normalized spacial score (nSPS) is 19.7. The van der Waals surface area contributed by atoms with E-state index < -0.39 is 0 Å². The number of hydrogen-bond donors (Lipinski definition) is 0. The summed E-state index contributed by atoms with van der Waals surface area (Å²) in [6.45, 7) is 4.26. The number of benzene rings is 2. The monoisotopic (exact) mass is 415 g/mol. The maximum absolute atomic E-state index is 12.6. The van der Waals surface area contributed by atoms with Crippen molar-refractivity contribution >= 4 is 21.7 Å². The Morgan fingerprint density at radius 2 is 1.69 bits per heavy atom. The Hall–Kier alpha value is -1.53. The van der Waals surface area contributed by atoms with E-state index in [2.05, 4.69) is 33.0 Å². The molecule has 2 aromatic rings. The number of halogens is 1. The Balaban J connectivity index is 1.37. The second-order valence-electron chi connectivity index (χ2n) is 6.92. The molecule has 5 heteroatoms. The van der Waals surface area contributed by atoms with Crippen LogP contribution in [0.25, 0.3) is 0 Å². The highest BCUT2D eigenvalue weighted by Gasteiger charge is 2.39. The summed E-state index contributed by atoms with van der Waals surface area (Å²) < 4.78 is 12.5. The van der Waals surface area contributed by atoms with Gasteiger partial charge in [0.25, 0.3) is 0 Å². The molecule has 4 nitrogen and oxygen atoms in total. The maximum Gasteiger partial charge on any atom is 0.193 e. The second-order valence-corrected chi connectivity index (χ2v) is 7.84. The smallest absolute Gasteiger partial charge is 0.193 e. The summed E-state index contributed by atoms with van der Waals surface area (Å²) in [6.07, 6.45) is 1.85. The lowest BCUT2D eigenvalue weighted by atomic mass is 10.0. The molecule has 2 aliphatic heterocycles. The highest BCUT2D eigenvalue weighted by molar-refractivity contribution is 9.10. The fourth-order valence-electron chi connectivity index (χ4n) is 3.65. The van der Waals surface area contributed by atoms with Crippen LogP contribution in [0.4, 0.5) is 0 Å². The van der Waals surface area contributed by atoms with E-state index in [4.69, 9.17) is 9.47 Å². The summed E-state index contributed by atoms with van der Waals surface area (Å²) in [5.41, 5.74) is 2.64. The number of rotatable bonds is 4.